The average molecular weight is 278 g/mol. The molecule has 20 heavy (non-hydrogen) atoms. The molecule has 4 heteroatoms. The smallest absolute Gasteiger partial charge is 0.249 e. The monoisotopic (exact) mass is 278 g/mol. The van der Waals surface area contributed by atoms with Crippen molar-refractivity contribution in [3.05, 3.63) is 0 Å². The van der Waals surface area contributed by atoms with Gasteiger partial charge in [0.1, 0.15) is 11.1 Å². The summed E-state index contributed by atoms with van der Waals surface area (Å²) in [6.45, 7) is 3.96. The van der Waals surface area contributed by atoms with E-state index in [4.69, 9.17) is 0 Å². The van der Waals surface area contributed by atoms with Gasteiger partial charge in [-0.05, 0) is 39.0 Å². The molecule has 2 aliphatic carbocycles. The maximum atomic E-state index is 13.2. The minimum Gasteiger partial charge on any atom is -0.340 e. The standard InChI is InChI=1S/C16H26N2O2/c1-3-15(2)13(19)17-16(10-6-7-11-16)14(20)18(15)12-8-4-5-9-12/h12H,3-11H2,1-2H3,(H,17,19). The molecule has 1 saturated heterocycles. The molecule has 1 heterocycles. The number of hydrogen-bond acceptors (Lipinski definition) is 2. The molecular weight excluding hydrogens is 252 g/mol. The molecule has 1 unspecified atom stereocenters. The van der Waals surface area contributed by atoms with Crippen LogP contribution < -0.4 is 5.32 Å². The van der Waals surface area contributed by atoms with Crippen molar-refractivity contribution in [1.29, 1.82) is 0 Å². The zero-order valence-corrected chi connectivity index (χ0v) is 12.7. The molecule has 3 aliphatic rings. The highest BCUT2D eigenvalue weighted by molar-refractivity contribution is 6.02. The van der Waals surface area contributed by atoms with Crippen molar-refractivity contribution in [2.45, 2.75) is 88.8 Å². The van der Waals surface area contributed by atoms with Crippen LogP contribution in [0, 0.1) is 0 Å². The first kappa shape index (κ1) is 13.9. The van der Waals surface area contributed by atoms with Gasteiger partial charge in [0, 0.05) is 6.04 Å². The van der Waals surface area contributed by atoms with E-state index >= 15 is 0 Å². The van der Waals surface area contributed by atoms with Gasteiger partial charge >= 0.3 is 0 Å². The third-order valence-electron chi connectivity index (χ3n) is 5.84. The quantitative estimate of drug-likeness (QED) is 0.843. The van der Waals surface area contributed by atoms with Crippen molar-refractivity contribution in [3.8, 4) is 0 Å². The van der Waals surface area contributed by atoms with Gasteiger partial charge in [-0.15, -0.1) is 0 Å². The fourth-order valence-electron chi connectivity index (χ4n) is 4.35. The predicted octanol–water partition coefficient (Wildman–Crippen LogP) is 2.37. The third kappa shape index (κ3) is 1.80. The lowest BCUT2D eigenvalue weighted by molar-refractivity contribution is -0.166. The number of nitrogens with one attached hydrogen (secondary N) is 1. The van der Waals surface area contributed by atoms with Crippen LogP contribution >= 0.6 is 0 Å². The van der Waals surface area contributed by atoms with Crippen molar-refractivity contribution < 1.29 is 9.59 Å². The Morgan fingerprint density at radius 2 is 1.75 bits per heavy atom. The van der Waals surface area contributed by atoms with E-state index in [0.717, 1.165) is 38.5 Å². The molecule has 0 aromatic carbocycles. The number of carbonyl (C=O) groups is 2. The molecule has 0 bridgehead atoms. The molecule has 112 valence electrons. The molecule has 0 aromatic heterocycles. The van der Waals surface area contributed by atoms with Crippen LogP contribution in [-0.2, 0) is 9.59 Å². The minimum absolute atomic E-state index is 0.0633. The van der Waals surface area contributed by atoms with Crippen LogP contribution in [0.15, 0.2) is 0 Å². The summed E-state index contributed by atoms with van der Waals surface area (Å²) in [5.74, 6) is 0.263. The lowest BCUT2D eigenvalue weighted by Gasteiger charge is -2.52. The Hall–Kier alpha value is -1.06. The minimum atomic E-state index is -0.653. The topological polar surface area (TPSA) is 49.4 Å². The summed E-state index contributed by atoms with van der Waals surface area (Å²) in [4.78, 5) is 27.9. The second-order valence-electron chi connectivity index (χ2n) is 6.98. The van der Waals surface area contributed by atoms with Crippen LogP contribution in [0.4, 0.5) is 0 Å². The first-order chi connectivity index (χ1) is 9.53. The van der Waals surface area contributed by atoms with Crippen LogP contribution in [0.25, 0.3) is 0 Å². The van der Waals surface area contributed by atoms with Crippen LogP contribution in [-0.4, -0.2) is 33.8 Å². The molecular formula is C16H26N2O2. The highest BCUT2D eigenvalue weighted by atomic mass is 16.2. The molecule has 1 N–H and O–H groups in total. The summed E-state index contributed by atoms with van der Waals surface area (Å²) < 4.78 is 0. The molecule has 2 amide bonds. The lowest BCUT2D eigenvalue weighted by Crippen LogP contribution is -2.75. The van der Waals surface area contributed by atoms with Crippen molar-refractivity contribution in [1.82, 2.24) is 10.2 Å². The molecule has 1 spiro atoms. The second-order valence-corrected chi connectivity index (χ2v) is 6.98. The number of amides is 2. The van der Waals surface area contributed by atoms with E-state index < -0.39 is 11.1 Å². The Bertz CT molecular complexity index is 422. The Labute approximate surface area is 121 Å². The largest absolute Gasteiger partial charge is 0.340 e. The number of piperazine rings is 1. The molecule has 4 nitrogen and oxygen atoms in total. The van der Waals surface area contributed by atoms with E-state index in [0.29, 0.717) is 6.42 Å². The van der Waals surface area contributed by atoms with Crippen molar-refractivity contribution >= 4 is 11.8 Å². The summed E-state index contributed by atoms with van der Waals surface area (Å²) in [7, 11) is 0. The average Bonchev–Trinajstić information content (AvgIpc) is 3.09. The fraction of sp³-hybridized carbons (Fsp3) is 0.875. The third-order valence-corrected chi connectivity index (χ3v) is 5.84. The first-order valence-corrected chi connectivity index (χ1v) is 8.20. The molecule has 1 atom stereocenters. The molecule has 0 aromatic rings. The number of hydrogen-bond donors (Lipinski definition) is 1. The van der Waals surface area contributed by atoms with Crippen LogP contribution in [0.5, 0.6) is 0 Å². The van der Waals surface area contributed by atoms with Crippen LogP contribution in [0.1, 0.15) is 71.6 Å². The maximum Gasteiger partial charge on any atom is 0.249 e. The highest BCUT2D eigenvalue weighted by Gasteiger charge is 2.58. The van der Waals surface area contributed by atoms with Gasteiger partial charge in [0.25, 0.3) is 0 Å². The summed E-state index contributed by atoms with van der Waals surface area (Å²) in [6.07, 6.45) is 8.92. The van der Waals surface area contributed by atoms with E-state index in [1.165, 1.54) is 12.8 Å². The Balaban J connectivity index is 1.99. The first-order valence-electron chi connectivity index (χ1n) is 8.20. The van der Waals surface area contributed by atoms with Crippen LogP contribution in [0.2, 0.25) is 0 Å². The number of carbonyl (C=O) groups excluding carboxylic acids is 2. The molecule has 3 fully saturated rings. The van der Waals surface area contributed by atoms with Gasteiger partial charge in [-0.25, -0.2) is 0 Å². The van der Waals surface area contributed by atoms with Gasteiger partial charge in [0.05, 0.1) is 0 Å². The van der Waals surface area contributed by atoms with Gasteiger partial charge in [0.2, 0.25) is 11.8 Å². The zero-order valence-electron chi connectivity index (χ0n) is 12.7. The molecule has 0 radical (unpaired) electrons. The lowest BCUT2D eigenvalue weighted by atomic mass is 9.82. The number of rotatable bonds is 2. The number of nitrogens with zero attached hydrogens (tertiary/aromatic N) is 1. The van der Waals surface area contributed by atoms with E-state index in [1.807, 2.05) is 18.7 Å². The van der Waals surface area contributed by atoms with Crippen LogP contribution in [0.3, 0.4) is 0 Å². The summed E-state index contributed by atoms with van der Waals surface area (Å²) in [5.41, 5.74) is -1.23. The SMILES string of the molecule is CCC1(C)C(=O)NC2(CCCC2)C(=O)N1C1CCCC1. The molecule has 1 aliphatic heterocycles. The van der Waals surface area contributed by atoms with Gasteiger partial charge in [-0.2, -0.15) is 0 Å². The Morgan fingerprint density at radius 1 is 1.15 bits per heavy atom. The second kappa shape index (κ2) is 4.74. The van der Waals surface area contributed by atoms with Gasteiger partial charge in [-0.3, -0.25) is 9.59 Å². The summed E-state index contributed by atoms with van der Waals surface area (Å²) in [5, 5.41) is 3.11. The van der Waals surface area contributed by atoms with Gasteiger partial charge in [-0.1, -0.05) is 32.6 Å². The summed E-state index contributed by atoms with van der Waals surface area (Å²) in [6, 6.07) is 0.274. The Kier molecular flexibility index (Phi) is 3.30. The van der Waals surface area contributed by atoms with Gasteiger partial charge in [0.15, 0.2) is 0 Å². The van der Waals surface area contributed by atoms with Crippen molar-refractivity contribution in [2.24, 2.45) is 0 Å². The Morgan fingerprint density at radius 3 is 2.30 bits per heavy atom. The highest BCUT2D eigenvalue weighted by Crippen LogP contribution is 2.41. The van der Waals surface area contributed by atoms with E-state index in [2.05, 4.69) is 5.32 Å². The van der Waals surface area contributed by atoms with Crippen molar-refractivity contribution in [2.75, 3.05) is 0 Å². The van der Waals surface area contributed by atoms with Gasteiger partial charge < -0.3 is 10.2 Å². The zero-order chi connectivity index (χ0) is 14.4. The maximum absolute atomic E-state index is 13.2. The predicted molar refractivity (Wildman–Crippen MR) is 77.1 cm³/mol. The molecule has 3 rings (SSSR count). The fourth-order valence-corrected chi connectivity index (χ4v) is 4.35. The normalized spacial score (nSPS) is 34.0. The van der Waals surface area contributed by atoms with E-state index in [-0.39, 0.29) is 17.9 Å². The molecule has 2 saturated carbocycles. The van der Waals surface area contributed by atoms with Crippen molar-refractivity contribution in [3.63, 3.8) is 0 Å². The van der Waals surface area contributed by atoms with E-state index in [1.54, 1.807) is 0 Å². The summed E-state index contributed by atoms with van der Waals surface area (Å²) >= 11 is 0. The van der Waals surface area contributed by atoms with E-state index in [9.17, 15) is 9.59 Å².